The highest BCUT2D eigenvalue weighted by atomic mass is 32.1. The zero-order valence-electron chi connectivity index (χ0n) is 15.5. The van der Waals surface area contributed by atoms with Gasteiger partial charge in [0, 0.05) is 4.88 Å². The quantitative estimate of drug-likeness (QED) is 0.492. The first-order valence-electron chi connectivity index (χ1n) is 9.16. The average Bonchev–Trinajstić information content (AvgIpc) is 3.28. The molecule has 0 bridgehead atoms. The number of nitrogens with one attached hydrogen (secondary N) is 1. The second-order valence-corrected chi connectivity index (χ2v) is 8.66. The molecule has 0 unspecified atom stereocenters. The molecule has 0 saturated heterocycles. The molecule has 3 heterocycles. The van der Waals surface area contributed by atoms with Crippen molar-refractivity contribution in [1.82, 2.24) is 9.97 Å². The molecule has 4 rings (SSSR count). The first kappa shape index (κ1) is 17.2. The second kappa shape index (κ2) is 6.83. The topological polar surface area (TPSA) is 63.3 Å². The number of hydrogen-bond donors (Lipinski definition) is 1. The van der Waals surface area contributed by atoms with Gasteiger partial charge in [-0.3, -0.25) is 5.43 Å². The number of thiophene rings is 1. The summed E-state index contributed by atoms with van der Waals surface area (Å²) in [6, 6.07) is 3.71. The summed E-state index contributed by atoms with van der Waals surface area (Å²) in [6.07, 6.45) is 9.60. The van der Waals surface area contributed by atoms with E-state index < -0.39 is 0 Å². The molecule has 0 saturated carbocycles. The molecule has 1 aliphatic carbocycles. The van der Waals surface area contributed by atoms with E-state index >= 15 is 0 Å². The van der Waals surface area contributed by atoms with Gasteiger partial charge in [-0.15, -0.1) is 11.3 Å². The lowest BCUT2D eigenvalue weighted by Gasteiger charge is -2.36. The van der Waals surface area contributed by atoms with Gasteiger partial charge < -0.3 is 4.42 Å². The molecule has 3 aromatic rings. The molecule has 136 valence electrons. The zero-order valence-corrected chi connectivity index (χ0v) is 16.3. The molecule has 0 fully saturated rings. The maximum atomic E-state index is 5.28. The first-order chi connectivity index (χ1) is 12.6. The van der Waals surface area contributed by atoms with Gasteiger partial charge in [-0.05, 0) is 48.3 Å². The van der Waals surface area contributed by atoms with Crippen molar-refractivity contribution in [3.63, 3.8) is 0 Å². The lowest BCUT2D eigenvalue weighted by molar-refractivity contribution is 0.184. The Morgan fingerprint density at radius 3 is 3.08 bits per heavy atom. The molecule has 5 nitrogen and oxygen atoms in total. The summed E-state index contributed by atoms with van der Waals surface area (Å²) < 4.78 is 5.28. The van der Waals surface area contributed by atoms with Gasteiger partial charge in [-0.2, -0.15) is 5.10 Å². The number of rotatable bonds is 5. The van der Waals surface area contributed by atoms with Crippen LogP contribution in [-0.4, -0.2) is 16.2 Å². The predicted molar refractivity (Wildman–Crippen MR) is 107 cm³/mol. The van der Waals surface area contributed by atoms with Gasteiger partial charge in [0.05, 0.1) is 17.9 Å². The van der Waals surface area contributed by atoms with Crippen LogP contribution in [-0.2, 0) is 12.8 Å². The molecule has 3 aromatic heterocycles. The third kappa shape index (κ3) is 3.14. The maximum Gasteiger partial charge on any atom is 0.158 e. The first-order valence-corrected chi connectivity index (χ1v) is 9.98. The van der Waals surface area contributed by atoms with E-state index in [1.54, 1.807) is 30.1 Å². The Kier molecular flexibility index (Phi) is 4.53. The van der Waals surface area contributed by atoms with Crippen molar-refractivity contribution >= 4 is 33.6 Å². The molecule has 0 aromatic carbocycles. The fourth-order valence-electron chi connectivity index (χ4n) is 3.67. The summed E-state index contributed by atoms with van der Waals surface area (Å²) in [6.45, 7) is 7.07. The van der Waals surface area contributed by atoms with E-state index in [1.807, 2.05) is 12.1 Å². The van der Waals surface area contributed by atoms with E-state index in [0.717, 1.165) is 28.9 Å². The van der Waals surface area contributed by atoms with Crippen molar-refractivity contribution in [3.05, 3.63) is 40.9 Å². The highest BCUT2D eigenvalue weighted by Gasteiger charge is 2.33. The summed E-state index contributed by atoms with van der Waals surface area (Å²) in [5.41, 5.74) is 4.86. The summed E-state index contributed by atoms with van der Waals surface area (Å²) in [5, 5.41) is 5.43. The number of aryl methyl sites for hydroxylation is 1. The Bertz CT molecular complexity index is 927. The lowest BCUT2D eigenvalue weighted by Crippen LogP contribution is -2.28. The summed E-state index contributed by atoms with van der Waals surface area (Å²) in [4.78, 5) is 11.5. The van der Waals surface area contributed by atoms with Gasteiger partial charge >= 0.3 is 0 Å². The fourth-order valence-corrected chi connectivity index (χ4v) is 4.85. The van der Waals surface area contributed by atoms with Crippen molar-refractivity contribution in [2.75, 3.05) is 5.43 Å². The summed E-state index contributed by atoms with van der Waals surface area (Å²) in [7, 11) is 0. The number of hydrogen-bond acceptors (Lipinski definition) is 6. The number of furan rings is 1. The molecule has 0 spiro atoms. The Morgan fingerprint density at radius 1 is 1.42 bits per heavy atom. The SMILES string of the molecule is CCC(C)(C)[C@@H]1CCc2sc3ncnc(N/N=C\c4ccco4)c3c2C1. The van der Waals surface area contributed by atoms with Crippen LogP contribution in [0.15, 0.2) is 34.2 Å². The lowest BCUT2D eigenvalue weighted by atomic mass is 9.69. The number of nitrogens with zero attached hydrogens (tertiary/aromatic N) is 3. The highest BCUT2D eigenvalue weighted by molar-refractivity contribution is 7.19. The Morgan fingerprint density at radius 2 is 2.31 bits per heavy atom. The van der Waals surface area contributed by atoms with E-state index in [2.05, 4.69) is 41.3 Å². The van der Waals surface area contributed by atoms with E-state index in [-0.39, 0.29) is 0 Å². The van der Waals surface area contributed by atoms with Gasteiger partial charge in [0.2, 0.25) is 0 Å². The molecule has 6 heteroatoms. The van der Waals surface area contributed by atoms with Crippen LogP contribution in [0.4, 0.5) is 5.82 Å². The molecule has 1 N–H and O–H groups in total. The standard InChI is InChI=1S/C20H24N4OS/c1-4-20(2,3)13-7-8-16-15(10-13)17-18(21-12-22-19(17)26-16)24-23-11-14-6-5-9-25-14/h5-6,9,11-13H,4,7-8,10H2,1-3H3,(H,21,22,24)/b23-11-/t13-/m1/s1. The Balaban J connectivity index is 1.67. The van der Waals surface area contributed by atoms with Crippen LogP contribution in [0, 0.1) is 11.3 Å². The van der Waals surface area contributed by atoms with Gasteiger partial charge in [0.1, 0.15) is 16.9 Å². The molecule has 1 aliphatic rings. The summed E-state index contributed by atoms with van der Waals surface area (Å²) in [5.74, 6) is 2.18. The monoisotopic (exact) mass is 368 g/mol. The number of hydrazone groups is 1. The van der Waals surface area contributed by atoms with E-state index in [4.69, 9.17) is 4.42 Å². The van der Waals surface area contributed by atoms with Gasteiger partial charge in [0.25, 0.3) is 0 Å². The van der Waals surface area contributed by atoms with Crippen LogP contribution in [0.3, 0.4) is 0 Å². The van der Waals surface area contributed by atoms with E-state index in [9.17, 15) is 0 Å². The maximum absolute atomic E-state index is 5.28. The van der Waals surface area contributed by atoms with Crippen LogP contribution >= 0.6 is 11.3 Å². The Labute approximate surface area is 157 Å². The molecule has 26 heavy (non-hydrogen) atoms. The van der Waals surface area contributed by atoms with Crippen molar-refractivity contribution in [2.45, 2.75) is 46.5 Å². The highest BCUT2D eigenvalue weighted by Crippen LogP contribution is 2.45. The molecule has 1 atom stereocenters. The van der Waals surface area contributed by atoms with Crippen molar-refractivity contribution in [1.29, 1.82) is 0 Å². The van der Waals surface area contributed by atoms with Gasteiger partial charge in [0.15, 0.2) is 5.82 Å². The average molecular weight is 369 g/mol. The summed E-state index contributed by atoms with van der Waals surface area (Å²) >= 11 is 1.80. The van der Waals surface area contributed by atoms with Crippen LogP contribution in [0.2, 0.25) is 0 Å². The zero-order chi connectivity index (χ0) is 18.1. The van der Waals surface area contributed by atoms with Crippen molar-refractivity contribution < 1.29 is 4.42 Å². The van der Waals surface area contributed by atoms with Crippen molar-refractivity contribution in [3.8, 4) is 0 Å². The molecular formula is C20H24N4OS. The van der Waals surface area contributed by atoms with E-state index in [1.165, 1.54) is 23.3 Å². The van der Waals surface area contributed by atoms with E-state index in [0.29, 0.717) is 17.1 Å². The fraction of sp³-hybridized carbons (Fsp3) is 0.450. The van der Waals surface area contributed by atoms with Crippen LogP contribution in [0.25, 0.3) is 10.2 Å². The molecule has 0 aliphatic heterocycles. The number of aromatic nitrogens is 2. The number of anilines is 1. The largest absolute Gasteiger partial charge is 0.463 e. The smallest absolute Gasteiger partial charge is 0.158 e. The minimum absolute atomic E-state index is 0.354. The second-order valence-electron chi connectivity index (χ2n) is 7.57. The third-order valence-electron chi connectivity index (χ3n) is 5.76. The molecule has 0 radical (unpaired) electrons. The predicted octanol–water partition coefficient (Wildman–Crippen LogP) is 5.27. The molecular weight excluding hydrogens is 344 g/mol. The van der Waals surface area contributed by atoms with Crippen LogP contribution in [0.5, 0.6) is 0 Å². The van der Waals surface area contributed by atoms with Crippen molar-refractivity contribution in [2.24, 2.45) is 16.4 Å². The minimum atomic E-state index is 0.354. The third-order valence-corrected chi connectivity index (χ3v) is 6.96. The van der Waals surface area contributed by atoms with Crippen LogP contribution < -0.4 is 5.43 Å². The molecule has 0 amide bonds. The Hall–Kier alpha value is -2.21. The van der Waals surface area contributed by atoms with Gasteiger partial charge in [-0.25, -0.2) is 9.97 Å². The minimum Gasteiger partial charge on any atom is -0.463 e. The van der Waals surface area contributed by atoms with Crippen LogP contribution in [0.1, 0.15) is 49.8 Å². The normalized spacial score (nSPS) is 17.7. The number of fused-ring (bicyclic) bond motifs is 3. The van der Waals surface area contributed by atoms with Gasteiger partial charge in [-0.1, -0.05) is 27.2 Å².